The van der Waals surface area contributed by atoms with E-state index >= 15 is 0 Å². The van der Waals surface area contributed by atoms with E-state index in [4.69, 9.17) is 9.47 Å². The van der Waals surface area contributed by atoms with Gasteiger partial charge in [0.2, 0.25) is 0 Å². The summed E-state index contributed by atoms with van der Waals surface area (Å²) in [6, 6.07) is 17.6. The number of hydrogen-bond donors (Lipinski definition) is 1. The lowest BCUT2D eigenvalue weighted by Crippen LogP contribution is -2.07. The molecule has 0 aromatic heterocycles. The number of hydrogen-bond acceptors (Lipinski definition) is 3. The number of ether oxygens (including phenoxy) is 2. The molecule has 3 nitrogen and oxygen atoms in total. The summed E-state index contributed by atoms with van der Waals surface area (Å²) in [5.41, 5.74) is 1.05. The van der Waals surface area contributed by atoms with Gasteiger partial charge < -0.3 is 14.8 Å². The van der Waals surface area contributed by atoms with Crippen LogP contribution >= 0.6 is 0 Å². The monoisotopic (exact) mass is 269 g/mol. The lowest BCUT2D eigenvalue weighted by atomic mass is 10.2. The molecule has 0 saturated carbocycles. The van der Waals surface area contributed by atoms with E-state index in [0.717, 1.165) is 29.4 Å². The third-order valence-electron chi connectivity index (χ3n) is 2.84. The highest BCUT2D eigenvalue weighted by Crippen LogP contribution is 2.23. The van der Waals surface area contributed by atoms with Crippen molar-refractivity contribution >= 4 is 5.76 Å². The molecule has 0 fully saturated rings. The minimum atomic E-state index is 0.750. The molecule has 0 aliphatic heterocycles. The first-order valence-corrected chi connectivity index (χ1v) is 6.55. The maximum Gasteiger partial charge on any atom is 0.131 e. The van der Waals surface area contributed by atoms with E-state index < -0.39 is 0 Å². The molecule has 0 atom stereocenters. The number of rotatable bonds is 6. The SMILES string of the molecule is CNCC=C(Oc1ccc(OC)cc1)c1ccccc1. The predicted molar refractivity (Wildman–Crippen MR) is 82.0 cm³/mol. The molecular formula is C17H19NO2. The fourth-order valence-corrected chi connectivity index (χ4v) is 1.79. The van der Waals surface area contributed by atoms with Crippen molar-refractivity contribution in [1.82, 2.24) is 5.32 Å². The van der Waals surface area contributed by atoms with Gasteiger partial charge in [0.15, 0.2) is 0 Å². The fraction of sp³-hybridized carbons (Fsp3) is 0.176. The van der Waals surface area contributed by atoms with Crippen LogP contribution in [0.1, 0.15) is 5.56 Å². The Bertz CT molecular complexity index is 547. The van der Waals surface area contributed by atoms with Crippen LogP contribution in [0.15, 0.2) is 60.7 Å². The lowest BCUT2D eigenvalue weighted by Gasteiger charge is -2.11. The van der Waals surface area contributed by atoms with Crippen molar-refractivity contribution < 1.29 is 9.47 Å². The largest absolute Gasteiger partial charge is 0.497 e. The van der Waals surface area contributed by atoms with Crippen molar-refractivity contribution in [3.05, 3.63) is 66.2 Å². The van der Waals surface area contributed by atoms with Crippen LogP contribution in [0, 0.1) is 0 Å². The first-order valence-electron chi connectivity index (χ1n) is 6.55. The molecule has 0 spiro atoms. The average Bonchev–Trinajstić information content (AvgIpc) is 2.53. The normalized spacial score (nSPS) is 11.2. The molecule has 0 heterocycles. The number of nitrogens with one attached hydrogen (secondary N) is 1. The third-order valence-corrected chi connectivity index (χ3v) is 2.84. The summed E-state index contributed by atoms with van der Waals surface area (Å²) >= 11 is 0. The van der Waals surface area contributed by atoms with Crippen LogP contribution in [0.5, 0.6) is 11.5 Å². The maximum atomic E-state index is 5.97. The van der Waals surface area contributed by atoms with Crippen molar-refractivity contribution in [2.45, 2.75) is 0 Å². The second-order valence-corrected chi connectivity index (χ2v) is 4.27. The van der Waals surface area contributed by atoms with Gasteiger partial charge in [0, 0.05) is 12.1 Å². The Morgan fingerprint density at radius 1 is 1.00 bits per heavy atom. The summed E-state index contributed by atoms with van der Waals surface area (Å²) < 4.78 is 11.1. The van der Waals surface area contributed by atoms with E-state index in [0.29, 0.717) is 0 Å². The van der Waals surface area contributed by atoms with Gasteiger partial charge in [-0.25, -0.2) is 0 Å². The molecule has 2 aromatic rings. The minimum absolute atomic E-state index is 0.750. The summed E-state index contributed by atoms with van der Waals surface area (Å²) in [5, 5.41) is 3.10. The Balaban J connectivity index is 2.19. The molecule has 0 unspecified atom stereocenters. The minimum Gasteiger partial charge on any atom is -0.497 e. The van der Waals surface area contributed by atoms with E-state index in [9.17, 15) is 0 Å². The lowest BCUT2D eigenvalue weighted by molar-refractivity contribution is 0.413. The molecule has 104 valence electrons. The van der Waals surface area contributed by atoms with Crippen LogP contribution in [0.4, 0.5) is 0 Å². The van der Waals surface area contributed by atoms with Crippen molar-refractivity contribution in [2.75, 3.05) is 20.7 Å². The zero-order valence-corrected chi connectivity index (χ0v) is 11.8. The van der Waals surface area contributed by atoms with Gasteiger partial charge in [-0.05, 0) is 37.4 Å². The van der Waals surface area contributed by atoms with Crippen molar-refractivity contribution in [3.8, 4) is 11.5 Å². The van der Waals surface area contributed by atoms with E-state index in [-0.39, 0.29) is 0 Å². The van der Waals surface area contributed by atoms with Gasteiger partial charge >= 0.3 is 0 Å². The number of benzene rings is 2. The van der Waals surface area contributed by atoms with Gasteiger partial charge in [-0.15, -0.1) is 0 Å². The van der Waals surface area contributed by atoms with Gasteiger partial charge in [-0.3, -0.25) is 0 Å². The van der Waals surface area contributed by atoms with Crippen LogP contribution in [0.25, 0.3) is 5.76 Å². The molecule has 0 aliphatic carbocycles. The molecule has 2 aromatic carbocycles. The molecule has 1 N–H and O–H groups in total. The van der Waals surface area contributed by atoms with Crippen molar-refractivity contribution in [1.29, 1.82) is 0 Å². The smallest absolute Gasteiger partial charge is 0.131 e. The second-order valence-electron chi connectivity index (χ2n) is 4.27. The maximum absolute atomic E-state index is 5.97. The van der Waals surface area contributed by atoms with Crippen LogP contribution in [-0.2, 0) is 0 Å². The zero-order valence-electron chi connectivity index (χ0n) is 11.8. The van der Waals surface area contributed by atoms with Gasteiger partial charge in [0.1, 0.15) is 17.3 Å². The average molecular weight is 269 g/mol. The molecule has 0 amide bonds. The molecule has 0 radical (unpaired) electrons. The van der Waals surface area contributed by atoms with Gasteiger partial charge in [-0.2, -0.15) is 0 Å². The van der Waals surface area contributed by atoms with E-state index in [1.54, 1.807) is 7.11 Å². The quantitative estimate of drug-likeness (QED) is 0.816. The summed E-state index contributed by atoms with van der Waals surface area (Å²) in [5.74, 6) is 2.44. The molecule has 2 rings (SSSR count). The summed E-state index contributed by atoms with van der Waals surface area (Å²) in [7, 11) is 3.56. The Labute approximate surface area is 119 Å². The Morgan fingerprint density at radius 2 is 1.65 bits per heavy atom. The molecule has 20 heavy (non-hydrogen) atoms. The van der Waals surface area contributed by atoms with E-state index in [1.165, 1.54) is 0 Å². The molecule has 0 bridgehead atoms. The van der Waals surface area contributed by atoms with E-state index in [1.807, 2.05) is 67.7 Å². The Morgan fingerprint density at radius 3 is 2.25 bits per heavy atom. The van der Waals surface area contributed by atoms with Crippen molar-refractivity contribution in [3.63, 3.8) is 0 Å². The second kappa shape index (κ2) is 7.36. The highest BCUT2D eigenvalue weighted by molar-refractivity contribution is 5.62. The highest BCUT2D eigenvalue weighted by atomic mass is 16.5. The van der Waals surface area contributed by atoms with Gasteiger partial charge in [0.25, 0.3) is 0 Å². The highest BCUT2D eigenvalue weighted by Gasteiger charge is 2.04. The molecular weight excluding hydrogens is 250 g/mol. The fourth-order valence-electron chi connectivity index (χ4n) is 1.79. The van der Waals surface area contributed by atoms with Crippen LogP contribution < -0.4 is 14.8 Å². The van der Waals surface area contributed by atoms with Crippen molar-refractivity contribution in [2.24, 2.45) is 0 Å². The first-order chi connectivity index (χ1) is 9.83. The standard InChI is InChI=1S/C17H19NO2/c1-18-13-12-17(14-6-4-3-5-7-14)20-16-10-8-15(19-2)9-11-16/h3-12,18H,13H2,1-2H3. The summed E-state index contributed by atoms with van der Waals surface area (Å²) in [6.07, 6.45) is 2.03. The Hall–Kier alpha value is -2.26. The van der Waals surface area contributed by atoms with Crippen LogP contribution in [0.3, 0.4) is 0 Å². The zero-order chi connectivity index (χ0) is 14.2. The van der Waals surface area contributed by atoms with Gasteiger partial charge in [0.05, 0.1) is 7.11 Å². The topological polar surface area (TPSA) is 30.5 Å². The first kappa shape index (κ1) is 14.2. The molecule has 0 aliphatic rings. The molecule has 3 heteroatoms. The van der Waals surface area contributed by atoms with Crippen LogP contribution in [-0.4, -0.2) is 20.7 Å². The summed E-state index contributed by atoms with van der Waals surface area (Å²) in [6.45, 7) is 0.750. The van der Waals surface area contributed by atoms with Crippen LogP contribution in [0.2, 0.25) is 0 Å². The Kier molecular flexibility index (Phi) is 5.21. The number of methoxy groups -OCH3 is 1. The van der Waals surface area contributed by atoms with Gasteiger partial charge in [-0.1, -0.05) is 30.3 Å². The third kappa shape index (κ3) is 3.87. The van der Waals surface area contributed by atoms with E-state index in [2.05, 4.69) is 5.32 Å². The molecule has 0 saturated heterocycles. The predicted octanol–water partition coefficient (Wildman–Crippen LogP) is 3.33. The number of likely N-dealkylation sites (N-methyl/N-ethyl adjacent to an activating group) is 1. The summed E-state index contributed by atoms with van der Waals surface area (Å²) in [4.78, 5) is 0.